The number of ether oxygens (including phenoxy) is 4. The topological polar surface area (TPSA) is 115 Å². The lowest BCUT2D eigenvalue weighted by Crippen LogP contribution is -2.34. The van der Waals surface area contributed by atoms with Gasteiger partial charge in [-0.3, -0.25) is 19.2 Å². The maximum absolute atomic E-state index is 11.9. The van der Waals surface area contributed by atoms with Gasteiger partial charge in [0.2, 0.25) is 0 Å². The van der Waals surface area contributed by atoms with Crippen LogP contribution in [0.4, 0.5) is 0 Å². The van der Waals surface area contributed by atoms with Gasteiger partial charge in [-0.15, -0.1) is 0 Å². The van der Waals surface area contributed by atoms with E-state index in [1.54, 1.807) is 0 Å². The third kappa shape index (κ3) is 59.5. The molecule has 0 aromatic heterocycles. The summed E-state index contributed by atoms with van der Waals surface area (Å²) in [5, 5.41) is 0. The summed E-state index contributed by atoms with van der Waals surface area (Å²) in [7, 11) is 2.04. The number of hydrogen-bond donors (Lipinski definition) is 8. The predicted molar refractivity (Wildman–Crippen MR) is 359 cm³/mol. The maximum Gasteiger partial charge on any atom is 0.307 e. The van der Waals surface area contributed by atoms with Gasteiger partial charge in [-0.05, 0) is 131 Å². The van der Waals surface area contributed by atoms with E-state index < -0.39 is 0 Å². The highest BCUT2D eigenvalue weighted by Crippen LogP contribution is 2.28. The van der Waals surface area contributed by atoms with Gasteiger partial charge in [-0.2, -0.15) is 101 Å². The smallest absolute Gasteiger partial charge is 0.307 e. The van der Waals surface area contributed by atoms with Gasteiger partial charge in [0.25, 0.3) is 0 Å². The van der Waals surface area contributed by atoms with Crippen molar-refractivity contribution in [1.82, 2.24) is 14.7 Å². The number of nitrogens with zero attached hydrogens (tertiary/aromatic N) is 3. The molecule has 0 rings (SSSR count). The Morgan fingerprint density at radius 2 is 0.688 bits per heavy atom. The molecule has 19 heteroatoms. The summed E-state index contributed by atoms with van der Waals surface area (Å²) in [6, 6.07) is 0. The van der Waals surface area contributed by atoms with E-state index in [1.165, 1.54) is 96.3 Å². The molecule has 0 N–H and O–H groups in total. The highest BCUT2D eigenvalue weighted by molar-refractivity contribution is 7.81. The molecule has 0 saturated heterocycles. The van der Waals surface area contributed by atoms with Gasteiger partial charge in [-0.25, -0.2) is 0 Å². The minimum absolute atomic E-state index is 0.246. The van der Waals surface area contributed by atoms with Crippen LogP contribution in [0.2, 0.25) is 0 Å². The summed E-state index contributed by atoms with van der Waals surface area (Å²) >= 11 is 33.8. The predicted octanol–water partition coefficient (Wildman–Crippen LogP) is 13.5. The maximum atomic E-state index is 11.9. The molecule has 462 valence electrons. The van der Waals surface area contributed by atoms with Crippen LogP contribution in [-0.2, 0) is 38.1 Å². The summed E-state index contributed by atoms with van der Waals surface area (Å²) in [5.74, 6) is 9.19. The Labute approximate surface area is 518 Å². The Morgan fingerprint density at radius 1 is 0.390 bits per heavy atom. The number of rotatable bonds is 49. The van der Waals surface area contributed by atoms with Crippen LogP contribution in [0.1, 0.15) is 183 Å². The van der Waals surface area contributed by atoms with Crippen molar-refractivity contribution < 1.29 is 38.1 Å². The van der Waals surface area contributed by atoms with Crippen molar-refractivity contribution in [1.29, 1.82) is 0 Å². The van der Waals surface area contributed by atoms with E-state index in [9.17, 15) is 19.2 Å². The quantitative estimate of drug-likeness (QED) is 0.0169. The summed E-state index contributed by atoms with van der Waals surface area (Å²) < 4.78 is 20.4. The Hall–Kier alpha value is 0.560. The van der Waals surface area contributed by atoms with Gasteiger partial charge in [-0.1, -0.05) is 113 Å². The van der Waals surface area contributed by atoms with E-state index in [-0.39, 0.29) is 76.0 Å². The van der Waals surface area contributed by atoms with E-state index in [4.69, 9.17) is 18.9 Å². The van der Waals surface area contributed by atoms with Gasteiger partial charge >= 0.3 is 23.9 Å². The van der Waals surface area contributed by atoms with E-state index >= 15 is 0 Å². The van der Waals surface area contributed by atoms with E-state index in [0.717, 1.165) is 91.6 Å². The molecular formula is C58H119N3O8S8. The lowest BCUT2D eigenvalue weighted by molar-refractivity contribution is -0.145. The van der Waals surface area contributed by atoms with Crippen molar-refractivity contribution in [2.45, 2.75) is 183 Å². The molecule has 0 bridgehead atoms. The van der Waals surface area contributed by atoms with Crippen LogP contribution >= 0.6 is 101 Å². The first-order valence-corrected chi connectivity index (χ1v) is 34.8. The van der Waals surface area contributed by atoms with Crippen LogP contribution < -0.4 is 0 Å². The first-order valence-electron chi connectivity index (χ1n) is 29.8. The number of unbranched alkanes of at least 4 members (excludes halogenated alkanes) is 4. The van der Waals surface area contributed by atoms with E-state index in [1.807, 2.05) is 7.05 Å². The molecule has 0 aliphatic rings. The van der Waals surface area contributed by atoms with Crippen molar-refractivity contribution in [3.8, 4) is 0 Å². The SMILES string of the molecule is CCCCC(CC)CS.CCCCC(CC)CS.CCCCC(CS)CC(C)C(CS)CCCC.CN(CCCN(CCC(=O)OCCS)CCC(=O)OCCS)CCCN(CCC(=O)OCCS)CCC(=O)OCCS. The fourth-order valence-electron chi connectivity index (χ4n) is 8.19. The molecule has 5 atom stereocenters. The Balaban J connectivity index is -0.000000611. The normalized spacial score (nSPS) is 13.0. The van der Waals surface area contributed by atoms with Gasteiger partial charge in [0.1, 0.15) is 26.4 Å². The number of thiol groups is 8. The van der Waals surface area contributed by atoms with Gasteiger partial charge < -0.3 is 33.6 Å². The molecule has 5 unspecified atom stereocenters. The molecule has 0 fully saturated rings. The van der Waals surface area contributed by atoms with E-state index in [2.05, 4.69) is 164 Å². The molecule has 0 saturated carbocycles. The second-order valence-corrected chi connectivity index (χ2v) is 23.4. The molecule has 0 aliphatic heterocycles. The van der Waals surface area contributed by atoms with Crippen molar-refractivity contribution in [2.75, 3.05) is 132 Å². The Morgan fingerprint density at radius 3 is 0.948 bits per heavy atom. The molecule has 0 aromatic carbocycles. The van der Waals surface area contributed by atoms with E-state index in [0.29, 0.717) is 49.2 Å². The summed E-state index contributed by atoms with van der Waals surface area (Å²) in [5.41, 5.74) is 0. The molecule has 0 radical (unpaired) electrons. The Bertz CT molecular complexity index is 1160. The lowest BCUT2D eigenvalue weighted by Gasteiger charge is -2.26. The molecule has 11 nitrogen and oxygen atoms in total. The minimum Gasteiger partial charge on any atom is -0.465 e. The van der Waals surface area contributed by atoms with Crippen LogP contribution in [0.15, 0.2) is 0 Å². The van der Waals surface area contributed by atoms with Gasteiger partial charge in [0, 0.05) is 49.2 Å². The molecule has 0 aliphatic carbocycles. The lowest BCUT2D eigenvalue weighted by atomic mass is 9.83. The van der Waals surface area contributed by atoms with Crippen LogP contribution in [0.25, 0.3) is 0 Å². The van der Waals surface area contributed by atoms with Crippen LogP contribution in [0, 0.1) is 29.6 Å². The highest BCUT2D eigenvalue weighted by atomic mass is 32.1. The molecular weight excluding hydrogens is 1120 g/mol. The first-order chi connectivity index (χ1) is 37.1. The zero-order chi connectivity index (χ0) is 58.7. The summed E-state index contributed by atoms with van der Waals surface area (Å²) in [4.78, 5) is 54.2. The van der Waals surface area contributed by atoms with Crippen molar-refractivity contribution in [3.05, 3.63) is 0 Å². The molecule has 77 heavy (non-hydrogen) atoms. The third-order valence-corrected chi connectivity index (χ3v) is 16.2. The van der Waals surface area contributed by atoms with Crippen molar-refractivity contribution >= 4 is 125 Å². The highest BCUT2D eigenvalue weighted by Gasteiger charge is 2.20. The number of esters is 4. The number of carbonyl (C=O) groups excluding carboxylic acids is 4. The average molecular weight is 1240 g/mol. The Kier molecular flexibility index (Phi) is 71.7. The molecule has 0 heterocycles. The zero-order valence-corrected chi connectivity index (χ0v) is 57.2. The summed E-state index contributed by atoms with van der Waals surface area (Å²) in [6.07, 6.45) is 22.8. The van der Waals surface area contributed by atoms with Crippen LogP contribution in [0.3, 0.4) is 0 Å². The van der Waals surface area contributed by atoms with Crippen molar-refractivity contribution in [2.24, 2.45) is 29.6 Å². The van der Waals surface area contributed by atoms with Crippen LogP contribution in [0.5, 0.6) is 0 Å². The fraction of sp³-hybridized carbons (Fsp3) is 0.931. The average Bonchev–Trinajstić information content (AvgIpc) is 3.44. The molecule has 0 aromatic rings. The van der Waals surface area contributed by atoms with Crippen molar-refractivity contribution in [3.63, 3.8) is 0 Å². The van der Waals surface area contributed by atoms with Gasteiger partial charge in [0.05, 0.1) is 25.7 Å². The standard InChI is InChI=1S/C27H51N3O8S4.C15H32S2.2C8H18S/c1-28(8-2-10-29(12-4-24(31)35-16-20-39)13-5-25(32)36-17-21-40)9-3-11-30(14-6-26(33)37-18-22-41)15-7-27(34)38-19-23-42;1-4-6-8-14(11-16)10-13(3)15(12-17)9-7-5-2;2*1-3-5-6-8(4-2)7-9/h39-42H,2-23H2,1H3;13-17H,4-12H2,1-3H3;2*8-9H,3-7H2,1-2H3. The molecule has 0 spiro atoms. The van der Waals surface area contributed by atoms with Gasteiger partial charge in [0.15, 0.2) is 0 Å². The monoisotopic (exact) mass is 1240 g/mol. The van der Waals surface area contributed by atoms with Crippen LogP contribution in [-0.4, -0.2) is 170 Å². The fourth-order valence-corrected chi connectivity index (χ4v) is 10.3. The first kappa shape index (κ1) is 84.0. The number of carbonyl (C=O) groups is 4. The second-order valence-electron chi connectivity index (χ2n) is 20.2. The number of hydrogen-bond acceptors (Lipinski definition) is 19. The zero-order valence-electron chi connectivity index (χ0n) is 50.1. The third-order valence-electron chi connectivity index (χ3n) is 13.5. The largest absolute Gasteiger partial charge is 0.465 e. The second kappa shape index (κ2) is 65.7. The molecule has 0 amide bonds. The minimum atomic E-state index is -0.279. The summed E-state index contributed by atoms with van der Waals surface area (Å²) in [6.45, 7) is 22.1.